The first kappa shape index (κ1) is 22.1. The van der Waals surface area contributed by atoms with Crippen molar-refractivity contribution in [3.8, 4) is 12.1 Å². The molecule has 6 heteroatoms. The predicted octanol–water partition coefficient (Wildman–Crippen LogP) is 5.92. The molecule has 4 saturated carbocycles. The first-order valence-electron chi connectivity index (χ1n) is 13.0. The smallest absolute Gasteiger partial charge is 0.176 e. The highest BCUT2D eigenvalue weighted by molar-refractivity contribution is 6.30. The van der Waals surface area contributed by atoms with Gasteiger partial charge in [0.25, 0.3) is 0 Å². The van der Waals surface area contributed by atoms with Crippen LogP contribution in [0.2, 0.25) is 5.02 Å². The van der Waals surface area contributed by atoms with E-state index in [4.69, 9.17) is 11.6 Å². The summed E-state index contributed by atoms with van der Waals surface area (Å²) in [5.74, 6) is 1.50. The summed E-state index contributed by atoms with van der Waals surface area (Å²) < 4.78 is 0. The second kappa shape index (κ2) is 7.67. The molecule has 0 amide bonds. The Morgan fingerprint density at radius 3 is 2.36 bits per heavy atom. The number of rotatable bonds is 3. The van der Waals surface area contributed by atoms with Crippen LogP contribution in [0.25, 0.3) is 6.08 Å². The Hall–Kier alpha value is -3.15. The molecular formula is C30H27ClN4O. The highest BCUT2D eigenvalue weighted by Gasteiger charge is 2.67. The minimum Gasteiger partial charge on any atom is -0.351 e. The third kappa shape index (κ3) is 2.87. The fraction of sp³-hybridized carbons (Fsp3) is 0.467. The first-order chi connectivity index (χ1) is 17.5. The van der Waals surface area contributed by atoms with Gasteiger partial charge in [-0.25, -0.2) is 0 Å². The van der Waals surface area contributed by atoms with E-state index in [0.29, 0.717) is 22.8 Å². The van der Waals surface area contributed by atoms with Crippen molar-refractivity contribution in [1.29, 1.82) is 10.5 Å². The zero-order valence-corrected chi connectivity index (χ0v) is 20.7. The summed E-state index contributed by atoms with van der Waals surface area (Å²) in [6.07, 6.45) is 13.9. The number of nitrogens with zero attached hydrogens (tertiary/aromatic N) is 4. The number of halogens is 1. The van der Waals surface area contributed by atoms with E-state index in [1.807, 2.05) is 42.5 Å². The van der Waals surface area contributed by atoms with Gasteiger partial charge in [0.2, 0.25) is 0 Å². The highest BCUT2D eigenvalue weighted by Crippen LogP contribution is 2.63. The Kier molecular flexibility index (Phi) is 4.71. The lowest BCUT2D eigenvalue weighted by Gasteiger charge is -2.57. The molecule has 5 fully saturated rings. The summed E-state index contributed by atoms with van der Waals surface area (Å²) in [6, 6.07) is 13.1. The van der Waals surface area contributed by atoms with Crippen molar-refractivity contribution in [3.63, 3.8) is 0 Å². The predicted molar refractivity (Wildman–Crippen MR) is 137 cm³/mol. The highest BCUT2D eigenvalue weighted by atomic mass is 35.5. The normalized spacial score (nSPS) is 36.6. The van der Waals surface area contributed by atoms with Gasteiger partial charge >= 0.3 is 0 Å². The summed E-state index contributed by atoms with van der Waals surface area (Å²) in [7, 11) is 0. The van der Waals surface area contributed by atoms with Crippen LogP contribution < -0.4 is 4.90 Å². The average Bonchev–Trinajstić information content (AvgIpc) is 3.18. The number of nitriles is 2. The third-order valence-corrected chi connectivity index (χ3v) is 10.1. The van der Waals surface area contributed by atoms with Crippen molar-refractivity contribution < 1.29 is 4.79 Å². The third-order valence-electron chi connectivity index (χ3n) is 9.84. The standard InChI is InChI=1S/C30H27ClN4O/c31-23-4-5-24-21(11-23)3-6-25-30(16-32,17-33)26(22-2-1-7-34-15-22)27(35(24)25)28(36)29-12-18-8-19(13-29)10-20(9-18)14-29/h1-7,11,15,18-20,25-27H,8-10,12-14H2/t18?,19?,20?,25-,26+,27+,29?/m0/s1. The van der Waals surface area contributed by atoms with E-state index in [9.17, 15) is 10.5 Å². The largest absolute Gasteiger partial charge is 0.351 e. The molecule has 36 heavy (non-hydrogen) atoms. The number of ketones is 1. The van der Waals surface area contributed by atoms with Crippen LogP contribution in [0, 0.1) is 51.2 Å². The lowest BCUT2D eigenvalue weighted by Crippen LogP contribution is -2.56. The topological polar surface area (TPSA) is 80.8 Å². The molecule has 1 aromatic heterocycles. The molecule has 0 spiro atoms. The zero-order chi connectivity index (χ0) is 24.7. The SMILES string of the molecule is N#CC1(C#N)[C@H](c2cccnc2)[C@H](C(=O)C23CC4CC(CC(C4)C2)C3)N2c3ccc(Cl)cc3C=C[C@H]21. The van der Waals surface area contributed by atoms with Gasteiger partial charge in [0.05, 0.1) is 24.2 Å². The van der Waals surface area contributed by atoms with Crippen molar-refractivity contribution in [1.82, 2.24) is 4.98 Å². The maximum Gasteiger partial charge on any atom is 0.176 e. The maximum atomic E-state index is 15.0. The van der Waals surface area contributed by atoms with Crippen molar-refractivity contribution in [2.75, 3.05) is 4.90 Å². The maximum absolute atomic E-state index is 15.0. The molecule has 1 saturated heterocycles. The molecule has 3 atom stereocenters. The number of hydrogen-bond acceptors (Lipinski definition) is 5. The van der Waals surface area contributed by atoms with Gasteiger partial charge < -0.3 is 4.90 Å². The van der Waals surface area contributed by atoms with Crippen LogP contribution in [0.3, 0.4) is 0 Å². The number of fused-ring (bicyclic) bond motifs is 3. The van der Waals surface area contributed by atoms with Gasteiger partial charge in [0.15, 0.2) is 11.2 Å². The number of Topliss-reactive ketones (excluding diaryl/α,β-unsaturated/α-hetero) is 1. The molecule has 0 radical (unpaired) electrons. The van der Waals surface area contributed by atoms with Crippen molar-refractivity contribution >= 4 is 29.1 Å². The van der Waals surface area contributed by atoms with E-state index in [-0.39, 0.29) is 11.2 Å². The monoisotopic (exact) mass is 494 g/mol. The van der Waals surface area contributed by atoms with Crippen molar-refractivity contribution in [2.24, 2.45) is 28.6 Å². The van der Waals surface area contributed by atoms with E-state index < -0.39 is 23.4 Å². The molecule has 2 aromatic rings. The van der Waals surface area contributed by atoms with E-state index >= 15 is 4.79 Å². The molecular weight excluding hydrogens is 468 g/mol. The van der Waals surface area contributed by atoms with Crippen LogP contribution in [0.5, 0.6) is 0 Å². The lowest BCUT2D eigenvalue weighted by molar-refractivity contribution is -0.145. The average molecular weight is 495 g/mol. The van der Waals surface area contributed by atoms with Crippen molar-refractivity contribution in [2.45, 2.75) is 56.5 Å². The molecule has 3 heterocycles. The second-order valence-electron chi connectivity index (χ2n) is 11.8. The molecule has 6 aliphatic rings. The number of carbonyl (C=O) groups excluding carboxylic acids is 1. The van der Waals surface area contributed by atoms with E-state index in [0.717, 1.165) is 36.1 Å². The van der Waals surface area contributed by atoms with Crippen LogP contribution in [-0.2, 0) is 4.79 Å². The van der Waals surface area contributed by atoms with Gasteiger partial charge in [0, 0.05) is 34.4 Å². The number of anilines is 1. The summed E-state index contributed by atoms with van der Waals surface area (Å²) in [4.78, 5) is 21.4. The van der Waals surface area contributed by atoms with Crippen LogP contribution in [0.15, 0.2) is 48.8 Å². The van der Waals surface area contributed by atoms with Crippen LogP contribution in [0.1, 0.15) is 55.6 Å². The Bertz CT molecular complexity index is 1320. The Morgan fingerprint density at radius 1 is 1.06 bits per heavy atom. The molecule has 180 valence electrons. The van der Waals surface area contributed by atoms with Gasteiger partial charge in [-0.15, -0.1) is 0 Å². The van der Waals surface area contributed by atoms with Gasteiger partial charge in [-0.2, -0.15) is 10.5 Å². The van der Waals surface area contributed by atoms with Crippen LogP contribution >= 0.6 is 11.6 Å². The lowest BCUT2D eigenvalue weighted by atomic mass is 9.47. The number of benzene rings is 1. The number of carbonyl (C=O) groups is 1. The van der Waals surface area contributed by atoms with Gasteiger partial charge in [-0.3, -0.25) is 9.78 Å². The van der Waals surface area contributed by atoms with Crippen LogP contribution in [0.4, 0.5) is 5.69 Å². The number of hydrogen-bond donors (Lipinski definition) is 0. The molecule has 5 nitrogen and oxygen atoms in total. The summed E-state index contributed by atoms with van der Waals surface area (Å²) >= 11 is 6.33. The molecule has 2 aliphatic heterocycles. The zero-order valence-electron chi connectivity index (χ0n) is 20.0. The summed E-state index contributed by atoms with van der Waals surface area (Å²) in [6.45, 7) is 0. The number of pyridine rings is 1. The van der Waals surface area contributed by atoms with E-state index in [1.54, 1.807) is 12.4 Å². The molecule has 4 bridgehead atoms. The van der Waals surface area contributed by atoms with Gasteiger partial charge in [-0.05, 0) is 91.7 Å². The molecule has 4 aliphatic carbocycles. The summed E-state index contributed by atoms with van der Waals surface area (Å²) in [5, 5.41) is 21.9. The first-order valence-corrected chi connectivity index (χ1v) is 13.4. The summed E-state index contributed by atoms with van der Waals surface area (Å²) in [5.41, 5.74) is 0.787. The molecule has 0 N–H and O–H groups in total. The fourth-order valence-electron chi connectivity index (χ4n) is 8.92. The van der Waals surface area contributed by atoms with Crippen LogP contribution in [-0.4, -0.2) is 22.9 Å². The van der Waals surface area contributed by atoms with E-state index in [1.165, 1.54) is 19.3 Å². The van der Waals surface area contributed by atoms with Gasteiger partial charge in [0.1, 0.15) is 0 Å². The minimum absolute atomic E-state index is 0.226. The Balaban J connectivity index is 1.44. The van der Waals surface area contributed by atoms with E-state index in [2.05, 4.69) is 22.0 Å². The quantitative estimate of drug-likeness (QED) is 0.528. The fourth-order valence-corrected chi connectivity index (χ4v) is 9.10. The minimum atomic E-state index is -1.42. The van der Waals surface area contributed by atoms with Crippen molar-refractivity contribution in [3.05, 3.63) is 65.0 Å². The Labute approximate surface area is 216 Å². The molecule has 8 rings (SSSR count). The Morgan fingerprint density at radius 2 is 1.75 bits per heavy atom. The molecule has 1 aromatic carbocycles. The number of aromatic nitrogens is 1. The molecule has 0 unspecified atom stereocenters. The van der Waals surface area contributed by atoms with Gasteiger partial charge in [-0.1, -0.05) is 29.8 Å². The second-order valence-corrected chi connectivity index (χ2v) is 12.2.